The maximum Gasteiger partial charge on any atom is -0.0163 e. The molecule has 0 atom stereocenters. The minimum atomic E-state index is 0.988. The Morgan fingerprint density at radius 1 is 0.385 bits per heavy atom. The van der Waals surface area contributed by atoms with Crippen LogP contribution in [0.3, 0.4) is 0 Å². The Bertz CT molecular complexity index is 253. The van der Waals surface area contributed by atoms with Crippen LogP contribution in [-0.4, -0.2) is 0 Å². The molecule has 0 amide bonds. The molecule has 0 saturated heterocycles. The van der Waals surface area contributed by atoms with Gasteiger partial charge in [-0.05, 0) is 6.42 Å². The van der Waals surface area contributed by atoms with Crippen LogP contribution in [0.25, 0.3) is 0 Å². The van der Waals surface area contributed by atoms with Gasteiger partial charge in [0.2, 0.25) is 0 Å². The Balaban J connectivity index is 2.62. The highest BCUT2D eigenvalue weighted by Gasteiger charge is 1.69. The minimum Gasteiger partial charge on any atom is -0.0807 e. The summed E-state index contributed by atoms with van der Waals surface area (Å²) < 4.78 is 0. The lowest BCUT2D eigenvalue weighted by Crippen LogP contribution is -1.56. The molecule has 0 spiro atoms. The molecule has 0 aliphatic heterocycles. The summed E-state index contributed by atoms with van der Waals surface area (Å²) in [4.78, 5) is 0. The van der Waals surface area contributed by atoms with Gasteiger partial charge in [0.15, 0.2) is 0 Å². The zero-order valence-corrected chi connectivity index (χ0v) is 7.64. The topological polar surface area (TPSA) is 0 Å². The third-order valence-corrected chi connectivity index (χ3v) is 1.54. The van der Waals surface area contributed by atoms with Crippen LogP contribution in [0.2, 0.25) is 0 Å². The van der Waals surface area contributed by atoms with Crippen molar-refractivity contribution >= 4 is 0 Å². The van der Waals surface area contributed by atoms with Crippen LogP contribution < -0.4 is 0 Å². The highest BCUT2D eigenvalue weighted by atomic mass is 13.8. The summed E-state index contributed by atoms with van der Waals surface area (Å²) >= 11 is 0. The second-order valence-electron chi connectivity index (χ2n) is 2.63. The highest BCUT2D eigenvalue weighted by Crippen LogP contribution is 1.90. The zero-order valence-electron chi connectivity index (χ0n) is 7.64. The third kappa shape index (κ3) is 5.68. The summed E-state index contributed by atoms with van der Waals surface area (Å²) in [5.41, 5.74) is 0. The van der Waals surface area contributed by atoms with Crippen molar-refractivity contribution in [2.75, 3.05) is 0 Å². The highest BCUT2D eigenvalue weighted by molar-refractivity contribution is 5.20. The predicted octanol–water partition coefficient (Wildman–Crippen LogP) is 3.73. The Kier molecular flexibility index (Phi) is 5.21. The van der Waals surface area contributed by atoms with E-state index in [0.29, 0.717) is 0 Å². The average Bonchev–Trinajstić information content (AvgIpc) is 2.18. The molecule has 0 heterocycles. The average molecular weight is 170 g/mol. The van der Waals surface area contributed by atoms with Gasteiger partial charge in [0.1, 0.15) is 0 Å². The Hall–Kier alpha value is -1.56. The first-order valence-corrected chi connectivity index (χ1v) is 4.48. The van der Waals surface area contributed by atoms with Gasteiger partial charge in [-0.15, -0.1) is 0 Å². The summed E-state index contributed by atoms with van der Waals surface area (Å²) in [5.74, 6) is 0. The lowest BCUT2D eigenvalue weighted by atomic mass is 10.3. The van der Waals surface area contributed by atoms with Crippen LogP contribution in [-0.2, 0) is 0 Å². The summed E-state index contributed by atoms with van der Waals surface area (Å²) in [6.45, 7) is 0. The number of hydrogen-bond donors (Lipinski definition) is 0. The van der Waals surface area contributed by atoms with Crippen molar-refractivity contribution in [2.45, 2.75) is 6.42 Å². The van der Waals surface area contributed by atoms with E-state index >= 15 is 0 Å². The van der Waals surface area contributed by atoms with Gasteiger partial charge in [-0.3, -0.25) is 0 Å². The van der Waals surface area contributed by atoms with E-state index in [1.54, 1.807) is 0 Å². The van der Waals surface area contributed by atoms with Crippen molar-refractivity contribution in [3.05, 3.63) is 72.9 Å². The molecule has 0 fully saturated rings. The van der Waals surface area contributed by atoms with Crippen LogP contribution in [0.1, 0.15) is 6.42 Å². The van der Waals surface area contributed by atoms with Gasteiger partial charge in [-0.2, -0.15) is 0 Å². The molecular weight excluding hydrogens is 156 g/mol. The van der Waals surface area contributed by atoms with E-state index in [2.05, 4.69) is 24.3 Å². The fraction of sp³-hybridized carbons (Fsp3) is 0.0769. The van der Waals surface area contributed by atoms with Crippen molar-refractivity contribution in [2.24, 2.45) is 0 Å². The van der Waals surface area contributed by atoms with Gasteiger partial charge < -0.3 is 0 Å². The molecule has 0 aromatic heterocycles. The van der Waals surface area contributed by atoms with Gasteiger partial charge in [-0.1, -0.05) is 72.9 Å². The largest absolute Gasteiger partial charge is 0.0807 e. The van der Waals surface area contributed by atoms with Crippen molar-refractivity contribution in [3.63, 3.8) is 0 Å². The number of hydrogen-bond acceptors (Lipinski definition) is 0. The third-order valence-electron chi connectivity index (χ3n) is 1.54. The first-order chi connectivity index (χ1) is 6.50. The lowest BCUT2D eigenvalue weighted by molar-refractivity contribution is 1.39. The van der Waals surface area contributed by atoms with Crippen LogP contribution in [0.5, 0.6) is 0 Å². The molecule has 0 nitrogen and oxygen atoms in total. The lowest BCUT2D eigenvalue weighted by Gasteiger charge is -1.77. The van der Waals surface area contributed by atoms with Crippen molar-refractivity contribution in [3.8, 4) is 0 Å². The molecular formula is C13H14. The van der Waals surface area contributed by atoms with E-state index in [0.717, 1.165) is 6.42 Å². The smallest absolute Gasteiger partial charge is 0.0163 e. The Morgan fingerprint density at radius 2 is 0.692 bits per heavy atom. The van der Waals surface area contributed by atoms with E-state index in [9.17, 15) is 0 Å². The van der Waals surface area contributed by atoms with Gasteiger partial charge in [0, 0.05) is 0 Å². The summed E-state index contributed by atoms with van der Waals surface area (Å²) in [6.07, 6.45) is 25.5. The summed E-state index contributed by atoms with van der Waals surface area (Å²) in [5, 5.41) is 0. The fourth-order valence-corrected chi connectivity index (χ4v) is 0.906. The molecule has 0 saturated carbocycles. The zero-order chi connectivity index (χ0) is 9.19. The summed E-state index contributed by atoms with van der Waals surface area (Å²) in [6, 6.07) is 0. The SMILES string of the molecule is C1=CC/C=C/C=C\C=C\C=C/C=C/1. The van der Waals surface area contributed by atoms with Crippen molar-refractivity contribution < 1.29 is 0 Å². The number of rotatable bonds is 0. The molecule has 1 aliphatic carbocycles. The standard InChI is InChI=1S/C13H14/c1-2-4-6-8-10-12-13-11-9-7-5-3-1/h1-12H,13H2/b3-1-,4-2+,7-5+,8-6-,11-9?,12-10+. The monoisotopic (exact) mass is 170 g/mol. The van der Waals surface area contributed by atoms with Crippen LogP contribution in [0.15, 0.2) is 72.9 Å². The van der Waals surface area contributed by atoms with Crippen LogP contribution >= 0.6 is 0 Å². The predicted molar refractivity (Wildman–Crippen MR) is 59.5 cm³/mol. The van der Waals surface area contributed by atoms with Crippen molar-refractivity contribution in [1.29, 1.82) is 0 Å². The molecule has 66 valence electrons. The van der Waals surface area contributed by atoms with E-state index in [4.69, 9.17) is 0 Å². The van der Waals surface area contributed by atoms with Gasteiger partial charge >= 0.3 is 0 Å². The molecule has 1 aliphatic rings. The van der Waals surface area contributed by atoms with E-state index in [-0.39, 0.29) is 0 Å². The normalized spacial score (nSPS) is 28.9. The first kappa shape index (κ1) is 9.53. The van der Waals surface area contributed by atoms with Gasteiger partial charge in [0.25, 0.3) is 0 Å². The molecule has 13 heavy (non-hydrogen) atoms. The maximum atomic E-state index is 2.12. The molecule has 0 N–H and O–H groups in total. The molecule has 1 rings (SSSR count). The van der Waals surface area contributed by atoms with Crippen molar-refractivity contribution in [1.82, 2.24) is 0 Å². The molecule has 0 heteroatoms. The quantitative estimate of drug-likeness (QED) is 0.519. The molecule has 0 bridgehead atoms. The second-order valence-corrected chi connectivity index (χ2v) is 2.63. The fourth-order valence-electron chi connectivity index (χ4n) is 0.906. The molecule has 0 unspecified atom stereocenters. The van der Waals surface area contributed by atoms with Crippen LogP contribution in [0.4, 0.5) is 0 Å². The Labute approximate surface area is 80.0 Å². The molecule has 0 aromatic carbocycles. The minimum absolute atomic E-state index is 0.988. The maximum absolute atomic E-state index is 2.12. The number of allylic oxidation sites excluding steroid dienone is 12. The summed E-state index contributed by atoms with van der Waals surface area (Å²) in [7, 11) is 0. The first-order valence-electron chi connectivity index (χ1n) is 4.48. The molecule has 0 aromatic rings. The van der Waals surface area contributed by atoms with E-state index < -0.39 is 0 Å². The Morgan fingerprint density at radius 3 is 1.08 bits per heavy atom. The van der Waals surface area contributed by atoms with E-state index in [1.165, 1.54) is 0 Å². The van der Waals surface area contributed by atoms with Gasteiger partial charge in [-0.25, -0.2) is 0 Å². The second kappa shape index (κ2) is 7.11. The van der Waals surface area contributed by atoms with Crippen LogP contribution in [0, 0.1) is 0 Å². The van der Waals surface area contributed by atoms with E-state index in [1.807, 2.05) is 48.6 Å². The molecule has 0 radical (unpaired) electrons. The van der Waals surface area contributed by atoms with Gasteiger partial charge in [0.05, 0.1) is 0 Å².